The highest BCUT2D eigenvalue weighted by molar-refractivity contribution is 8.93. The summed E-state index contributed by atoms with van der Waals surface area (Å²) in [6.45, 7) is 20.2. The second-order valence-corrected chi connectivity index (χ2v) is 37.1. The van der Waals surface area contributed by atoms with Gasteiger partial charge in [-0.25, -0.2) is 9.59 Å². The van der Waals surface area contributed by atoms with E-state index in [4.69, 9.17) is 23.5 Å². The molecule has 0 aliphatic heterocycles. The van der Waals surface area contributed by atoms with Crippen LogP contribution in [0.1, 0.15) is 146 Å². The summed E-state index contributed by atoms with van der Waals surface area (Å²) in [6, 6.07) is 63.9. The number of hydrogen-bond donors (Lipinski definition) is 1. The first-order valence-corrected chi connectivity index (χ1v) is 41.6. The van der Waals surface area contributed by atoms with Gasteiger partial charge in [-0.1, -0.05) is 129 Å². The number of alkyl halides is 4. The molecule has 4 saturated carbocycles. The maximum atomic E-state index is 13.8. The van der Waals surface area contributed by atoms with E-state index in [2.05, 4.69) is 121 Å². The number of esters is 3. The fourth-order valence-electron chi connectivity index (χ4n) is 18.0. The average Bonchev–Trinajstić information content (AvgIpc) is 1.42. The molecule has 10 aromatic rings. The molecule has 4 aliphatic carbocycles. The van der Waals surface area contributed by atoms with Gasteiger partial charge in [0.25, 0.3) is 0 Å². The normalized spacial score (nSPS) is 20.9. The number of aryl methyl sites for hydroxylation is 4. The molecule has 14 rings (SSSR count). The van der Waals surface area contributed by atoms with Gasteiger partial charge in [0.15, 0.2) is 37.1 Å². The molecule has 9 atom stereocenters. The molecule has 4 fully saturated rings. The van der Waals surface area contributed by atoms with Crippen LogP contribution in [0.4, 0.5) is 17.6 Å². The van der Waals surface area contributed by atoms with Gasteiger partial charge in [-0.3, -0.25) is 23.7 Å². The summed E-state index contributed by atoms with van der Waals surface area (Å²) in [5.74, 6) is -5.81. The standard InChI is InChI=1S/C31H29O3S.C31H28O3S.C28H38F4O8S.BrH/c2*1-21-18-24(35-27-16-10-8-14-25(27)26-15-9-11-17-28(26)35)19-22(2)30(21)33-20-29(32)34-31(3,4)23-12-6-5-7-13-23;1-15(4-7-23(36)40-11-10-27(29,30)28(31,32)41(37,38)39)18-5-6-19-24-20(14-22(35)26(18,19)3)25(2)9-8-17(33)12-16(25)13-21(24)34;/h5-19H,20H2,1-4H3;5-16,18-19H,20H2,1-4H3;15-16,18-20,24H,4-14H2,1-3H3,(H,37,38,39);1H/q+1;;;/t;;15-,16?,18-,19+,20+,24+,25+,26-;/m..1./s1. The van der Waals surface area contributed by atoms with E-state index in [1.54, 1.807) is 0 Å². The molecule has 592 valence electrons. The number of hydrogen-bond acceptors (Lipinski definition) is 13. The lowest BCUT2D eigenvalue weighted by Crippen LogP contribution is -2.60. The van der Waals surface area contributed by atoms with Crippen LogP contribution in [0.2, 0.25) is 0 Å². The van der Waals surface area contributed by atoms with Crippen molar-refractivity contribution in [1.29, 1.82) is 0 Å². The second kappa shape index (κ2) is 33.4. The van der Waals surface area contributed by atoms with E-state index in [0.29, 0.717) is 38.5 Å². The smallest absolute Gasteiger partial charge is 0.431 e. The minimum atomic E-state index is -6.37. The van der Waals surface area contributed by atoms with Crippen molar-refractivity contribution in [2.45, 2.75) is 163 Å². The van der Waals surface area contributed by atoms with Gasteiger partial charge in [0.05, 0.1) is 17.7 Å². The Morgan fingerprint density at radius 1 is 0.598 bits per heavy atom. The number of carbonyl (C=O) groups is 6. The van der Waals surface area contributed by atoms with Gasteiger partial charge in [0.2, 0.25) is 0 Å². The van der Waals surface area contributed by atoms with Gasteiger partial charge in [-0.05, 0) is 185 Å². The summed E-state index contributed by atoms with van der Waals surface area (Å²) < 4.78 is 117. The summed E-state index contributed by atoms with van der Waals surface area (Å²) >= 11 is 0. The molecular formula is C90H96BrF4O14S3+. The fourth-order valence-corrected chi connectivity index (χ4v) is 23.5. The Labute approximate surface area is 667 Å². The maximum Gasteiger partial charge on any atom is 0.431 e. The largest absolute Gasteiger partial charge is 0.481 e. The first-order chi connectivity index (χ1) is 52.5. The molecule has 2 unspecified atom stereocenters. The van der Waals surface area contributed by atoms with E-state index in [9.17, 15) is 54.7 Å². The van der Waals surface area contributed by atoms with Gasteiger partial charge in [-0.15, -0.1) is 23.0 Å². The van der Waals surface area contributed by atoms with Crippen molar-refractivity contribution in [3.63, 3.8) is 0 Å². The number of Topliss-reactive ketones (excluding diaryl/α,β-unsaturated/α-hetero) is 3. The topological polar surface area (TPSA) is 203 Å². The number of ketones is 3. The van der Waals surface area contributed by atoms with E-state index < -0.39 is 62.9 Å². The number of ether oxygens (including phenoxy) is 5. The Morgan fingerprint density at radius 2 is 1.05 bits per heavy atom. The molecule has 0 saturated heterocycles. The quantitative estimate of drug-likeness (QED) is 0.0178. The van der Waals surface area contributed by atoms with Gasteiger partial charge < -0.3 is 23.7 Å². The van der Waals surface area contributed by atoms with Crippen molar-refractivity contribution in [3.8, 4) is 21.3 Å². The second-order valence-electron chi connectivity index (χ2n) is 31.7. The van der Waals surface area contributed by atoms with Gasteiger partial charge in [-0.2, -0.15) is 44.2 Å². The molecule has 0 radical (unpaired) electrons. The molecule has 1 N–H and O–H groups in total. The average molecular weight is 1650 g/mol. The lowest BCUT2D eigenvalue weighted by molar-refractivity contribution is -0.174. The van der Waals surface area contributed by atoms with Gasteiger partial charge in [0.1, 0.15) is 40.1 Å². The van der Waals surface area contributed by atoms with E-state index in [1.807, 2.05) is 142 Å². The Bertz CT molecular complexity index is 4940. The molecule has 0 spiro atoms. The number of rotatable bonds is 21. The number of carbonyl (C=O) groups excluding carboxylic acids is 6. The molecule has 8 aromatic carbocycles. The zero-order valence-electron chi connectivity index (χ0n) is 64.8. The predicted octanol–water partition coefficient (Wildman–Crippen LogP) is 21.8. The molecule has 4 aliphatic rings. The molecule has 2 heterocycles. The minimum Gasteiger partial charge on any atom is -0.481 e. The minimum absolute atomic E-state index is 0. The van der Waals surface area contributed by atoms with Gasteiger partial charge in [0, 0.05) is 99.4 Å². The summed E-state index contributed by atoms with van der Waals surface area (Å²) in [5.41, 5.74) is 3.48. The van der Waals surface area contributed by atoms with Crippen LogP contribution in [0.25, 0.3) is 50.1 Å². The van der Waals surface area contributed by atoms with Crippen molar-refractivity contribution >= 4 is 124 Å². The Morgan fingerprint density at radius 3 is 1.55 bits per heavy atom. The Balaban J connectivity index is 0.000000166. The van der Waals surface area contributed by atoms with Crippen LogP contribution in [0.3, 0.4) is 0 Å². The molecule has 0 amide bonds. The van der Waals surface area contributed by atoms with Crippen LogP contribution in [0.15, 0.2) is 176 Å². The number of fused-ring (bicyclic) bond motifs is 11. The highest BCUT2D eigenvalue weighted by atomic mass is 79.9. The lowest BCUT2D eigenvalue weighted by Gasteiger charge is -2.58. The maximum absolute atomic E-state index is 13.8. The monoisotopic (exact) mass is 1650 g/mol. The summed E-state index contributed by atoms with van der Waals surface area (Å²) in [5, 5.41) is -0.572. The van der Waals surface area contributed by atoms with Crippen molar-refractivity contribution in [2.24, 2.45) is 46.3 Å². The van der Waals surface area contributed by atoms with Crippen LogP contribution in [-0.2, 0) is 64.3 Å². The number of thiophene rings is 2. The first-order valence-electron chi connectivity index (χ1n) is 37.7. The van der Waals surface area contributed by atoms with Crippen LogP contribution in [0, 0.1) is 80.1 Å². The van der Waals surface area contributed by atoms with Crippen molar-refractivity contribution in [2.75, 3.05) is 19.8 Å². The predicted molar refractivity (Wildman–Crippen MR) is 437 cm³/mol. The third kappa shape index (κ3) is 16.8. The van der Waals surface area contributed by atoms with E-state index in [0.717, 1.165) is 44.9 Å². The van der Waals surface area contributed by atoms with Gasteiger partial charge >= 0.3 is 39.2 Å². The van der Waals surface area contributed by atoms with Crippen LogP contribution < -0.4 is 9.47 Å². The molecule has 112 heavy (non-hydrogen) atoms. The van der Waals surface area contributed by atoms with Crippen LogP contribution in [-0.4, -0.2) is 79.2 Å². The van der Waals surface area contributed by atoms with Crippen molar-refractivity contribution < 1.29 is 83.0 Å². The summed E-state index contributed by atoms with van der Waals surface area (Å²) in [4.78, 5) is 79.4. The lowest BCUT2D eigenvalue weighted by atomic mass is 9.44. The summed E-state index contributed by atoms with van der Waals surface area (Å²) in [7, 11) is -6.75. The highest BCUT2D eigenvalue weighted by Gasteiger charge is 2.67. The highest BCUT2D eigenvalue weighted by Crippen LogP contribution is 2.67. The van der Waals surface area contributed by atoms with Crippen molar-refractivity contribution in [3.05, 3.63) is 215 Å². The first kappa shape index (κ1) is 84.2. The molecular weight excluding hydrogens is 1560 g/mol. The van der Waals surface area contributed by atoms with Crippen LogP contribution >= 0.6 is 37.9 Å². The van der Waals surface area contributed by atoms with Crippen LogP contribution in [0.5, 0.6) is 11.5 Å². The van der Waals surface area contributed by atoms with Crippen molar-refractivity contribution in [1.82, 2.24) is 0 Å². The van der Waals surface area contributed by atoms with E-state index >= 15 is 0 Å². The Kier molecular flexibility index (Phi) is 25.1. The zero-order chi connectivity index (χ0) is 79.9. The molecule has 2 aromatic heterocycles. The number of benzene rings is 8. The third-order valence-electron chi connectivity index (χ3n) is 23.7. The zero-order valence-corrected chi connectivity index (χ0v) is 69.0. The SMILES string of the molecule is Br.C[C@H](CCC(=O)OCCC(F)(F)C(F)(F)S(=O)(=O)O)[C@H]1CC[C@H]2[C@@H]3C(=O)CC4CC(=O)CC[C@]4(C)[C@H]3CC(=O)[C@]12C.Cc1cc(-[s+]2c3[c-]cccc3c3ccccc32)cc(C)c1OCC(=O)OC(C)(C)c1ccccc1.Cc1cc(-[s+]2c3ccccc3c3ccccc32)cc(C)c1OCC(=O)OC(C)(C)c1ccccc1. The fraction of sp³-hybridized carbons (Fsp3) is 0.400. The molecule has 0 bridgehead atoms. The summed E-state index contributed by atoms with van der Waals surface area (Å²) in [6.07, 6.45) is 1.73. The Hall–Kier alpha value is -8.67. The molecule has 22 heteroatoms. The van der Waals surface area contributed by atoms with E-state index in [-0.39, 0.29) is 135 Å². The third-order valence-corrected chi connectivity index (χ3v) is 29.2. The number of halogens is 5. The molecule has 14 nitrogen and oxygen atoms in total. The van der Waals surface area contributed by atoms with E-state index in [1.165, 1.54) is 50.1 Å².